The lowest BCUT2D eigenvalue weighted by Gasteiger charge is -2.11. The second-order valence-electron chi connectivity index (χ2n) is 10.5. The van der Waals surface area contributed by atoms with Crippen molar-refractivity contribution in [3.8, 4) is 27.9 Å². The summed E-state index contributed by atoms with van der Waals surface area (Å²) in [4.78, 5) is 0. The van der Waals surface area contributed by atoms with Crippen molar-refractivity contribution in [1.82, 2.24) is 4.57 Å². The Kier molecular flexibility index (Phi) is 5.00. The summed E-state index contributed by atoms with van der Waals surface area (Å²) in [6, 6.07) is 51.0. The molecule has 0 saturated heterocycles. The fourth-order valence-corrected chi connectivity index (χ4v) is 8.76. The summed E-state index contributed by atoms with van der Waals surface area (Å²) in [5, 5.41) is 5.31. The van der Waals surface area contributed by atoms with E-state index in [2.05, 4.69) is 144 Å². The van der Waals surface area contributed by atoms with Crippen molar-refractivity contribution < 1.29 is 0 Å². The molecule has 0 atom stereocenters. The van der Waals surface area contributed by atoms with E-state index in [0.717, 1.165) is 0 Å². The first kappa shape index (κ1) is 23.0. The van der Waals surface area contributed by atoms with Crippen LogP contribution in [-0.2, 0) is 0 Å². The minimum atomic E-state index is 1.19. The number of rotatable bonds is 3. The van der Waals surface area contributed by atoms with Gasteiger partial charge >= 0.3 is 0 Å². The van der Waals surface area contributed by atoms with E-state index in [4.69, 9.17) is 0 Å². The van der Waals surface area contributed by atoms with Crippen LogP contribution in [0.25, 0.3) is 79.3 Å². The van der Waals surface area contributed by atoms with Crippen LogP contribution >= 0.6 is 22.7 Å². The Balaban J connectivity index is 1.28. The van der Waals surface area contributed by atoms with Crippen molar-refractivity contribution in [3.05, 3.63) is 140 Å². The Morgan fingerprint density at radius 3 is 2.07 bits per heavy atom. The Bertz CT molecular complexity index is 2420. The Morgan fingerprint density at radius 1 is 0.439 bits per heavy atom. The lowest BCUT2D eigenvalue weighted by Crippen LogP contribution is -1.93. The van der Waals surface area contributed by atoms with Crippen LogP contribution in [0, 0.1) is 0 Å². The first-order valence-corrected chi connectivity index (χ1v) is 15.5. The molecule has 192 valence electrons. The number of para-hydroxylation sites is 2. The number of hydrogen-bond acceptors (Lipinski definition) is 2. The minimum absolute atomic E-state index is 1.19. The molecule has 0 unspecified atom stereocenters. The summed E-state index contributed by atoms with van der Waals surface area (Å²) < 4.78 is 7.79. The van der Waals surface area contributed by atoms with Gasteiger partial charge in [0.15, 0.2) is 0 Å². The zero-order valence-electron chi connectivity index (χ0n) is 22.0. The molecule has 6 aromatic carbocycles. The van der Waals surface area contributed by atoms with E-state index in [9.17, 15) is 0 Å². The average molecular weight is 558 g/mol. The molecule has 41 heavy (non-hydrogen) atoms. The predicted octanol–water partition coefficient (Wildman–Crippen LogP) is 11.7. The third-order valence-electron chi connectivity index (χ3n) is 8.20. The van der Waals surface area contributed by atoms with Crippen LogP contribution < -0.4 is 0 Å². The van der Waals surface area contributed by atoms with E-state index >= 15 is 0 Å². The van der Waals surface area contributed by atoms with Gasteiger partial charge in [-0.1, -0.05) is 97.1 Å². The van der Waals surface area contributed by atoms with Gasteiger partial charge in [-0.2, -0.15) is 0 Å². The molecule has 0 saturated carbocycles. The zero-order chi connectivity index (χ0) is 26.9. The predicted molar refractivity (Wildman–Crippen MR) is 180 cm³/mol. The molecule has 0 aliphatic carbocycles. The van der Waals surface area contributed by atoms with Gasteiger partial charge in [-0.15, -0.1) is 22.7 Å². The molecule has 0 spiro atoms. The summed E-state index contributed by atoms with van der Waals surface area (Å²) in [5.41, 5.74) is 8.76. The number of aromatic nitrogens is 1. The summed E-state index contributed by atoms with van der Waals surface area (Å²) in [7, 11) is 0. The molecule has 1 nitrogen and oxygen atoms in total. The average Bonchev–Trinajstić information content (AvgIpc) is 3.70. The van der Waals surface area contributed by atoms with E-state index in [-0.39, 0.29) is 0 Å². The van der Waals surface area contributed by atoms with E-state index in [1.54, 1.807) is 0 Å². The number of thiophene rings is 2. The van der Waals surface area contributed by atoms with Crippen LogP contribution in [0.15, 0.2) is 140 Å². The Hall–Kier alpha value is -4.70. The molecule has 0 radical (unpaired) electrons. The molecule has 0 fully saturated rings. The fraction of sp³-hybridized carbons (Fsp3) is 0. The topological polar surface area (TPSA) is 4.93 Å². The summed E-state index contributed by atoms with van der Waals surface area (Å²) in [6.45, 7) is 0. The molecule has 9 aromatic rings. The van der Waals surface area contributed by atoms with Crippen LogP contribution in [0.2, 0.25) is 0 Å². The summed E-state index contributed by atoms with van der Waals surface area (Å²) in [5.74, 6) is 0. The largest absolute Gasteiger partial charge is 0.308 e. The van der Waals surface area contributed by atoms with Gasteiger partial charge in [-0.25, -0.2) is 0 Å². The van der Waals surface area contributed by atoms with Crippen molar-refractivity contribution in [2.24, 2.45) is 0 Å². The maximum Gasteiger partial charge on any atom is 0.0734 e. The molecule has 3 heterocycles. The van der Waals surface area contributed by atoms with Crippen LogP contribution in [0.4, 0.5) is 0 Å². The molecule has 0 bridgehead atoms. The number of hydrogen-bond donors (Lipinski definition) is 0. The van der Waals surface area contributed by atoms with Crippen LogP contribution in [-0.4, -0.2) is 4.57 Å². The van der Waals surface area contributed by atoms with Gasteiger partial charge in [0.2, 0.25) is 0 Å². The molecule has 3 aromatic heterocycles. The highest BCUT2D eigenvalue weighted by molar-refractivity contribution is 7.27. The normalized spacial score (nSPS) is 11.9. The number of nitrogens with zero attached hydrogens (tertiary/aromatic N) is 1. The van der Waals surface area contributed by atoms with Gasteiger partial charge in [0.25, 0.3) is 0 Å². The van der Waals surface area contributed by atoms with Gasteiger partial charge < -0.3 is 4.57 Å². The molecule has 0 aliphatic rings. The molecule has 9 rings (SSSR count). The highest BCUT2D eigenvalue weighted by atomic mass is 32.1. The van der Waals surface area contributed by atoms with Crippen molar-refractivity contribution in [3.63, 3.8) is 0 Å². The lowest BCUT2D eigenvalue weighted by atomic mass is 9.96. The SMILES string of the molecule is c1ccc(-n2c3ccccc3c3sc4cccc(-c5cccc(-c6ccc7c(c6)sc6ccccc67)c5)c4c32)cc1. The second kappa shape index (κ2) is 8.90. The quantitative estimate of drug-likeness (QED) is 0.204. The molecule has 3 heteroatoms. The van der Waals surface area contributed by atoms with Gasteiger partial charge in [0.1, 0.15) is 0 Å². The lowest BCUT2D eigenvalue weighted by molar-refractivity contribution is 1.19. The maximum absolute atomic E-state index is 2.45. The van der Waals surface area contributed by atoms with Gasteiger partial charge in [0.05, 0.1) is 15.7 Å². The van der Waals surface area contributed by atoms with E-state index in [1.165, 1.54) is 79.3 Å². The van der Waals surface area contributed by atoms with Gasteiger partial charge in [-0.05, 0) is 64.7 Å². The fourth-order valence-electron chi connectivity index (χ4n) is 6.37. The third-order valence-corrected chi connectivity index (χ3v) is 10.5. The number of fused-ring (bicyclic) bond motifs is 8. The third kappa shape index (κ3) is 3.46. The zero-order valence-corrected chi connectivity index (χ0v) is 23.7. The highest BCUT2D eigenvalue weighted by Crippen LogP contribution is 2.46. The minimum Gasteiger partial charge on any atom is -0.308 e. The second-order valence-corrected chi connectivity index (χ2v) is 12.7. The summed E-state index contributed by atoms with van der Waals surface area (Å²) in [6.07, 6.45) is 0. The highest BCUT2D eigenvalue weighted by Gasteiger charge is 2.20. The first-order valence-electron chi connectivity index (χ1n) is 13.9. The van der Waals surface area contributed by atoms with Gasteiger partial charge in [0, 0.05) is 41.3 Å². The van der Waals surface area contributed by atoms with Crippen LogP contribution in [0.1, 0.15) is 0 Å². The van der Waals surface area contributed by atoms with E-state index in [0.29, 0.717) is 0 Å². The Labute approximate surface area is 245 Å². The van der Waals surface area contributed by atoms with E-state index < -0.39 is 0 Å². The standard InChI is InChI=1S/C38H23NS2/c1-2-12-27(13-3-1)39-32-17-6-4-15-31(32)38-37(39)36-28(16-9-19-34(36)41-38)26-11-8-10-24(22-26)25-20-21-30-29-14-5-7-18-33(29)40-35(30)23-25/h1-23H. The maximum atomic E-state index is 2.45. The molecule has 0 N–H and O–H groups in total. The monoisotopic (exact) mass is 557 g/mol. The first-order chi connectivity index (χ1) is 20.3. The van der Waals surface area contributed by atoms with Crippen LogP contribution in [0.5, 0.6) is 0 Å². The Morgan fingerprint density at radius 2 is 1.15 bits per heavy atom. The molecule has 0 amide bonds. The number of benzene rings is 6. The van der Waals surface area contributed by atoms with Gasteiger partial charge in [-0.3, -0.25) is 0 Å². The summed E-state index contributed by atoms with van der Waals surface area (Å²) >= 11 is 3.78. The van der Waals surface area contributed by atoms with Crippen molar-refractivity contribution in [1.29, 1.82) is 0 Å². The smallest absolute Gasteiger partial charge is 0.0734 e. The van der Waals surface area contributed by atoms with Crippen molar-refractivity contribution in [2.45, 2.75) is 0 Å². The van der Waals surface area contributed by atoms with Crippen LogP contribution in [0.3, 0.4) is 0 Å². The molecular weight excluding hydrogens is 535 g/mol. The van der Waals surface area contributed by atoms with Crippen molar-refractivity contribution >= 4 is 74.1 Å². The van der Waals surface area contributed by atoms with E-state index in [1.807, 2.05) is 22.7 Å². The molecular formula is C38H23NS2. The molecule has 0 aliphatic heterocycles. The van der Waals surface area contributed by atoms with Crippen molar-refractivity contribution in [2.75, 3.05) is 0 Å².